The topological polar surface area (TPSA) is 121 Å². The SMILES string of the molecule is CS(=O)(=O)Nc1cccc(C(=O)Nc2ccc(NS(=O)(=O)c3ccc(F)cc3)cc2)c1. The Labute approximate surface area is 179 Å². The van der Waals surface area contributed by atoms with Crippen LogP contribution >= 0.6 is 0 Å². The zero-order valence-corrected chi connectivity index (χ0v) is 17.8. The Kier molecular flexibility index (Phi) is 6.27. The Morgan fingerprint density at radius 3 is 2.00 bits per heavy atom. The maximum absolute atomic E-state index is 13.0. The Bertz CT molecular complexity index is 1310. The molecule has 3 rings (SSSR count). The molecule has 0 aromatic heterocycles. The van der Waals surface area contributed by atoms with Gasteiger partial charge in [-0.25, -0.2) is 21.2 Å². The molecule has 0 atom stereocenters. The number of benzene rings is 3. The molecule has 11 heteroatoms. The summed E-state index contributed by atoms with van der Waals surface area (Å²) in [5.74, 6) is -1.02. The lowest BCUT2D eigenvalue weighted by atomic mass is 10.2. The zero-order chi connectivity index (χ0) is 22.6. The van der Waals surface area contributed by atoms with E-state index in [1.165, 1.54) is 48.5 Å². The first-order valence-corrected chi connectivity index (χ1v) is 12.2. The molecule has 0 aliphatic rings. The van der Waals surface area contributed by atoms with E-state index in [0.29, 0.717) is 5.69 Å². The fourth-order valence-electron chi connectivity index (χ4n) is 2.59. The van der Waals surface area contributed by atoms with Gasteiger partial charge in [0.05, 0.1) is 11.2 Å². The number of rotatable bonds is 7. The first-order valence-electron chi connectivity index (χ1n) is 8.79. The van der Waals surface area contributed by atoms with Gasteiger partial charge < -0.3 is 5.32 Å². The van der Waals surface area contributed by atoms with Crippen LogP contribution in [0.25, 0.3) is 0 Å². The zero-order valence-electron chi connectivity index (χ0n) is 16.2. The second-order valence-corrected chi connectivity index (χ2v) is 9.98. The highest BCUT2D eigenvalue weighted by molar-refractivity contribution is 7.92. The van der Waals surface area contributed by atoms with Crippen LogP contribution in [0.1, 0.15) is 10.4 Å². The first kappa shape index (κ1) is 22.2. The molecule has 3 N–H and O–H groups in total. The highest BCUT2D eigenvalue weighted by atomic mass is 32.2. The van der Waals surface area contributed by atoms with Crippen molar-refractivity contribution < 1.29 is 26.0 Å². The molecule has 0 aliphatic carbocycles. The molecule has 0 unspecified atom stereocenters. The van der Waals surface area contributed by atoms with Gasteiger partial charge in [-0.1, -0.05) is 6.07 Å². The maximum atomic E-state index is 13.0. The molecule has 3 aromatic rings. The number of anilines is 3. The van der Waals surface area contributed by atoms with Gasteiger partial charge in [0.15, 0.2) is 0 Å². The summed E-state index contributed by atoms with van der Waals surface area (Å²) in [6, 6.07) is 16.3. The van der Waals surface area contributed by atoms with Gasteiger partial charge in [-0.2, -0.15) is 0 Å². The minimum absolute atomic E-state index is 0.0890. The molecule has 0 fully saturated rings. The van der Waals surface area contributed by atoms with Crippen LogP contribution in [0.15, 0.2) is 77.7 Å². The molecule has 0 saturated carbocycles. The summed E-state index contributed by atoms with van der Waals surface area (Å²) in [6.07, 6.45) is 1.01. The number of carbonyl (C=O) groups is 1. The van der Waals surface area contributed by atoms with Gasteiger partial charge in [0.25, 0.3) is 15.9 Å². The Balaban J connectivity index is 1.69. The summed E-state index contributed by atoms with van der Waals surface area (Å²) in [7, 11) is -7.37. The molecule has 8 nitrogen and oxygen atoms in total. The van der Waals surface area contributed by atoms with Crippen LogP contribution < -0.4 is 14.8 Å². The van der Waals surface area contributed by atoms with Gasteiger partial charge >= 0.3 is 0 Å². The number of hydrogen-bond acceptors (Lipinski definition) is 5. The Hall–Kier alpha value is -3.44. The summed E-state index contributed by atoms with van der Waals surface area (Å²) in [4.78, 5) is 12.3. The predicted molar refractivity (Wildman–Crippen MR) is 117 cm³/mol. The average Bonchev–Trinajstić information content (AvgIpc) is 2.68. The second-order valence-electron chi connectivity index (χ2n) is 6.55. The van der Waals surface area contributed by atoms with E-state index < -0.39 is 31.8 Å². The Morgan fingerprint density at radius 1 is 0.774 bits per heavy atom. The van der Waals surface area contributed by atoms with Crippen LogP contribution in [0.3, 0.4) is 0 Å². The number of sulfonamides is 2. The van der Waals surface area contributed by atoms with E-state index in [0.717, 1.165) is 30.5 Å². The van der Waals surface area contributed by atoms with Gasteiger partial charge in [-0.3, -0.25) is 14.2 Å². The van der Waals surface area contributed by atoms with Crippen molar-refractivity contribution in [2.45, 2.75) is 4.90 Å². The normalized spacial score (nSPS) is 11.5. The average molecular weight is 464 g/mol. The lowest BCUT2D eigenvalue weighted by molar-refractivity contribution is 0.102. The van der Waals surface area contributed by atoms with Crippen molar-refractivity contribution in [3.05, 3.63) is 84.2 Å². The number of carbonyl (C=O) groups excluding carboxylic acids is 1. The molecule has 0 aliphatic heterocycles. The van der Waals surface area contributed by atoms with E-state index in [-0.39, 0.29) is 21.8 Å². The van der Waals surface area contributed by atoms with Crippen LogP contribution in [0.2, 0.25) is 0 Å². The Morgan fingerprint density at radius 2 is 1.39 bits per heavy atom. The summed E-state index contributed by atoms with van der Waals surface area (Å²) in [6.45, 7) is 0. The van der Waals surface area contributed by atoms with Crippen molar-refractivity contribution >= 4 is 43.0 Å². The van der Waals surface area contributed by atoms with Crippen molar-refractivity contribution in [2.24, 2.45) is 0 Å². The van der Waals surface area contributed by atoms with Gasteiger partial charge in [0, 0.05) is 22.6 Å². The van der Waals surface area contributed by atoms with E-state index in [9.17, 15) is 26.0 Å². The quantitative estimate of drug-likeness (QED) is 0.497. The van der Waals surface area contributed by atoms with E-state index >= 15 is 0 Å². The van der Waals surface area contributed by atoms with Crippen molar-refractivity contribution in [1.29, 1.82) is 0 Å². The molecule has 0 saturated heterocycles. The van der Waals surface area contributed by atoms with Crippen molar-refractivity contribution in [3.63, 3.8) is 0 Å². The largest absolute Gasteiger partial charge is 0.322 e. The highest BCUT2D eigenvalue weighted by Gasteiger charge is 2.14. The molecule has 0 bridgehead atoms. The number of hydrogen-bond donors (Lipinski definition) is 3. The van der Waals surface area contributed by atoms with Gasteiger partial charge in [-0.05, 0) is 66.7 Å². The molecule has 0 radical (unpaired) electrons. The summed E-state index contributed by atoms with van der Waals surface area (Å²) in [5, 5.41) is 2.64. The van der Waals surface area contributed by atoms with Crippen molar-refractivity contribution in [2.75, 3.05) is 21.0 Å². The molecule has 162 valence electrons. The first-order chi connectivity index (χ1) is 14.5. The molecule has 0 spiro atoms. The monoisotopic (exact) mass is 463 g/mol. The van der Waals surface area contributed by atoms with E-state index in [2.05, 4.69) is 14.8 Å². The molecule has 31 heavy (non-hydrogen) atoms. The fourth-order valence-corrected chi connectivity index (χ4v) is 4.20. The van der Waals surface area contributed by atoms with Crippen molar-refractivity contribution in [1.82, 2.24) is 0 Å². The lowest BCUT2D eigenvalue weighted by Crippen LogP contribution is -2.14. The van der Waals surface area contributed by atoms with Crippen molar-refractivity contribution in [3.8, 4) is 0 Å². The van der Waals surface area contributed by atoms with Gasteiger partial charge in [0.2, 0.25) is 10.0 Å². The summed E-state index contributed by atoms with van der Waals surface area (Å²) >= 11 is 0. The van der Waals surface area contributed by atoms with E-state index in [1.54, 1.807) is 0 Å². The van der Waals surface area contributed by atoms with E-state index in [4.69, 9.17) is 0 Å². The second kappa shape index (κ2) is 8.74. The molecule has 0 heterocycles. The van der Waals surface area contributed by atoms with Crippen LogP contribution in [0, 0.1) is 5.82 Å². The van der Waals surface area contributed by atoms with Crippen LogP contribution in [0.5, 0.6) is 0 Å². The smallest absolute Gasteiger partial charge is 0.261 e. The van der Waals surface area contributed by atoms with Crippen LogP contribution in [0.4, 0.5) is 21.5 Å². The third-order valence-corrected chi connectivity index (χ3v) is 5.95. The van der Waals surface area contributed by atoms with Crippen LogP contribution in [-0.2, 0) is 20.0 Å². The molecular formula is C20H18FN3O5S2. The fraction of sp³-hybridized carbons (Fsp3) is 0.0500. The van der Waals surface area contributed by atoms with E-state index in [1.807, 2.05) is 0 Å². The van der Waals surface area contributed by atoms with Gasteiger partial charge in [-0.15, -0.1) is 0 Å². The summed E-state index contributed by atoms with van der Waals surface area (Å²) < 4.78 is 65.0. The van der Waals surface area contributed by atoms with Gasteiger partial charge in [0.1, 0.15) is 5.82 Å². The standard InChI is InChI=1S/C20H18FN3O5S2/c1-30(26,27)23-18-4-2-3-14(13-18)20(25)22-16-7-9-17(10-8-16)24-31(28,29)19-11-5-15(21)6-12-19/h2-13,23-24H,1H3,(H,22,25). The number of halogens is 1. The lowest BCUT2D eigenvalue weighted by Gasteiger charge is -2.10. The highest BCUT2D eigenvalue weighted by Crippen LogP contribution is 2.20. The molecular weight excluding hydrogens is 445 g/mol. The third kappa shape index (κ3) is 6.27. The molecule has 1 amide bonds. The predicted octanol–water partition coefficient (Wildman–Crippen LogP) is 3.25. The maximum Gasteiger partial charge on any atom is 0.261 e. The third-order valence-electron chi connectivity index (χ3n) is 3.95. The summed E-state index contributed by atoms with van der Waals surface area (Å²) in [5.41, 5.74) is 1.13. The van der Waals surface area contributed by atoms with Crippen LogP contribution in [-0.4, -0.2) is 29.0 Å². The number of nitrogens with one attached hydrogen (secondary N) is 3. The number of amides is 1. The minimum Gasteiger partial charge on any atom is -0.322 e. The molecule has 3 aromatic carbocycles. The minimum atomic E-state index is -3.89.